The lowest BCUT2D eigenvalue weighted by Gasteiger charge is -2.16. The van der Waals surface area contributed by atoms with Crippen LogP contribution in [0.3, 0.4) is 0 Å². The molecule has 0 atom stereocenters. The molecular formula is C17H14BrIN2O2. The Hall–Kier alpha value is -1.41. The quantitative estimate of drug-likeness (QED) is 0.546. The minimum Gasteiger partial charge on any atom is -0.489 e. The Kier molecular flexibility index (Phi) is 4.72. The van der Waals surface area contributed by atoms with Gasteiger partial charge in [-0.25, -0.2) is 4.98 Å². The second kappa shape index (κ2) is 6.60. The zero-order valence-electron chi connectivity index (χ0n) is 12.6. The summed E-state index contributed by atoms with van der Waals surface area (Å²) < 4.78 is 7.81. The van der Waals surface area contributed by atoms with Crippen molar-refractivity contribution in [1.82, 2.24) is 9.97 Å². The molecule has 3 aromatic rings. The number of hydrogen-bond acceptors (Lipinski definition) is 3. The number of halogens is 2. The minimum absolute atomic E-state index is 0.0237. The number of para-hydroxylation sites is 1. The number of rotatable bonds is 3. The molecular weight excluding hydrogens is 471 g/mol. The SMILES string of the molecule is CC(C)Oc1c(I)cc(Br)cc1-c1nc2ccccc2c(=O)[nH]1. The molecule has 0 fully saturated rings. The largest absolute Gasteiger partial charge is 0.489 e. The number of hydrogen-bond donors (Lipinski definition) is 1. The maximum Gasteiger partial charge on any atom is 0.259 e. The Morgan fingerprint density at radius 3 is 2.74 bits per heavy atom. The Morgan fingerprint density at radius 2 is 2.00 bits per heavy atom. The zero-order valence-corrected chi connectivity index (χ0v) is 16.3. The van der Waals surface area contributed by atoms with Crippen LogP contribution in [0.15, 0.2) is 45.7 Å². The van der Waals surface area contributed by atoms with Gasteiger partial charge in [-0.2, -0.15) is 0 Å². The lowest BCUT2D eigenvalue weighted by molar-refractivity contribution is 0.241. The Morgan fingerprint density at radius 1 is 1.26 bits per heavy atom. The van der Waals surface area contributed by atoms with Crippen LogP contribution in [0.25, 0.3) is 22.3 Å². The summed E-state index contributed by atoms with van der Waals surface area (Å²) in [5.41, 5.74) is 1.27. The summed E-state index contributed by atoms with van der Waals surface area (Å²) in [7, 11) is 0. The van der Waals surface area contributed by atoms with Gasteiger partial charge in [-0.3, -0.25) is 4.79 Å². The number of fused-ring (bicyclic) bond motifs is 1. The van der Waals surface area contributed by atoms with E-state index in [-0.39, 0.29) is 11.7 Å². The molecule has 0 spiro atoms. The lowest BCUT2D eigenvalue weighted by Crippen LogP contribution is -2.12. The first-order valence-electron chi connectivity index (χ1n) is 7.11. The average Bonchev–Trinajstić information content (AvgIpc) is 2.49. The van der Waals surface area contributed by atoms with E-state index in [0.29, 0.717) is 16.7 Å². The fraction of sp³-hybridized carbons (Fsp3) is 0.176. The molecule has 0 aliphatic rings. The number of nitrogens with one attached hydrogen (secondary N) is 1. The van der Waals surface area contributed by atoms with Crippen molar-refractivity contribution in [2.24, 2.45) is 0 Å². The predicted molar refractivity (Wildman–Crippen MR) is 104 cm³/mol. The third kappa shape index (κ3) is 3.42. The summed E-state index contributed by atoms with van der Waals surface area (Å²) in [4.78, 5) is 19.8. The molecule has 118 valence electrons. The highest BCUT2D eigenvalue weighted by Gasteiger charge is 2.16. The standard InChI is InChI=1S/C17H14BrIN2O2/c1-9(2)23-15-12(7-10(18)8-13(15)19)16-20-14-6-4-3-5-11(14)17(22)21-16/h3-9H,1-2H3,(H,20,21,22). The van der Waals surface area contributed by atoms with E-state index in [2.05, 4.69) is 48.5 Å². The van der Waals surface area contributed by atoms with Gasteiger partial charge in [0.1, 0.15) is 11.6 Å². The fourth-order valence-electron chi connectivity index (χ4n) is 2.31. The van der Waals surface area contributed by atoms with Crippen molar-refractivity contribution >= 4 is 49.4 Å². The van der Waals surface area contributed by atoms with Crippen molar-refractivity contribution in [2.75, 3.05) is 0 Å². The van der Waals surface area contributed by atoms with Gasteiger partial charge in [0.2, 0.25) is 0 Å². The van der Waals surface area contributed by atoms with Crippen molar-refractivity contribution in [3.63, 3.8) is 0 Å². The topological polar surface area (TPSA) is 55.0 Å². The van der Waals surface area contributed by atoms with Crippen molar-refractivity contribution in [3.8, 4) is 17.1 Å². The van der Waals surface area contributed by atoms with Crippen LogP contribution in [0.4, 0.5) is 0 Å². The number of H-pyrrole nitrogens is 1. The summed E-state index contributed by atoms with van der Waals surface area (Å²) in [5, 5.41) is 0.576. The van der Waals surface area contributed by atoms with Crippen LogP contribution in [0.2, 0.25) is 0 Å². The second-order valence-corrected chi connectivity index (χ2v) is 7.44. The highest BCUT2D eigenvalue weighted by molar-refractivity contribution is 14.1. The normalized spacial score (nSPS) is 11.2. The van der Waals surface area contributed by atoms with Gasteiger partial charge in [-0.1, -0.05) is 28.1 Å². The Labute approximate surface area is 155 Å². The van der Waals surface area contributed by atoms with Crippen LogP contribution in [-0.2, 0) is 0 Å². The molecule has 0 saturated carbocycles. The van der Waals surface area contributed by atoms with Gasteiger partial charge in [0, 0.05) is 4.47 Å². The summed E-state index contributed by atoms with van der Waals surface area (Å²) >= 11 is 5.72. The molecule has 2 aromatic carbocycles. The molecule has 0 amide bonds. The van der Waals surface area contributed by atoms with Gasteiger partial charge >= 0.3 is 0 Å². The molecule has 6 heteroatoms. The summed E-state index contributed by atoms with van der Waals surface area (Å²) in [6.07, 6.45) is 0.0237. The van der Waals surface area contributed by atoms with E-state index in [1.165, 1.54) is 0 Å². The van der Waals surface area contributed by atoms with Crippen LogP contribution in [0.5, 0.6) is 5.75 Å². The first kappa shape index (κ1) is 16.4. The van der Waals surface area contributed by atoms with Gasteiger partial charge in [-0.15, -0.1) is 0 Å². The Balaban J connectivity index is 2.27. The molecule has 3 rings (SSSR count). The highest BCUT2D eigenvalue weighted by Crippen LogP contribution is 2.36. The average molecular weight is 485 g/mol. The van der Waals surface area contributed by atoms with Crippen LogP contribution in [-0.4, -0.2) is 16.1 Å². The smallest absolute Gasteiger partial charge is 0.259 e. The molecule has 0 unspecified atom stereocenters. The van der Waals surface area contributed by atoms with Crippen molar-refractivity contribution in [1.29, 1.82) is 0 Å². The zero-order chi connectivity index (χ0) is 16.6. The van der Waals surface area contributed by atoms with Gasteiger partial charge in [0.15, 0.2) is 0 Å². The Bertz CT molecular complexity index is 938. The van der Waals surface area contributed by atoms with Crippen LogP contribution in [0.1, 0.15) is 13.8 Å². The second-order valence-electron chi connectivity index (χ2n) is 5.36. The molecule has 1 N–H and O–H groups in total. The molecule has 1 heterocycles. The first-order valence-corrected chi connectivity index (χ1v) is 8.98. The van der Waals surface area contributed by atoms with E-state index < -0.39 is 0 Å². The van der Waals surface area contributed by atoms with Crippen LogP contribution in [0, 0.1) is 3.57 Å². The van der Waals surface area contributed by atoms with E-state index in [4.69, 9.17) is 4.74 Å². The molecule has 0 saturated heterocycles. The first-order chi connectivity index (χ1) is 11.0. The molecule has 0 bridgehead atoms. The van der Waals surface area contributed by atoms with Gasteiger partial charge < -0.3 is 9.72 Å². The number of aromatic nitrogens is 2. The number of ether oxygens (including phenoxy) is 1. The lowest BCUT2D eigenvalue weighted by atomic mass is 10.1. The van der Waals surface area contributed by atoms with E-state index >= 15 is 0 Å². The number of aromatic amines is 1. The van der Waals surface area contributed by atoms with Gasteiger partial charge in [0.25, 0.3) is 5.56 Å². The summed E-state index contributed by atoms with van der Waals surface area (Å²) in [5.74, 6) is 1.23. The van der Waals surface area contributed by atoms with E-state index in [1.54, 1.807) is 6.07 Å². The van der Waals surface area contributed by atoms with Crippen molar-refractivity contribution in [3.05, 3.63) is 54.8 Å². The molecule has 23 heavy (non-hydrogen) atoms. The molecule has 4 nitrogen and oxygen atoms in total. The summed E-state index contributed by atoms with van der Waals surface area (Å²) in [6.45, 7) is 3.94. The monoisotopic (exact) mass is 484 g/mol. The summed E-state index contributed by atoms with van der Waals surface area (Å²) in [6, 6.07) is 11.2. The molecule has 0 radical (unpaired) electrons. The van der Waals surface area contributed by atoms with Crippen LogP contribution < -0.4 is 10.3 Å². The predicted octanol–water partition coefficient (Wildman–Crippen LogP) is 4.74. The fourth-order valence-corrected chi connectivity index (χ4v) is 3.94. The van der Waals surface area contributed by atoms with Crippen LogP contribution >= 0.6 is 38.5 Å². The molecule has 0 aliphatic carbocycles. The van der Waals surface area contributed by atoms with E-state index in [0.717, 1.165) is 19.4 Å². The van der Waals surface area contributed by atoms with E-state index in [1.807, 2.05) is 44.2 Å². The van der Waals surface area contributed by atoms with Gasteiger partial charge in [-0.05, 0) is 60.7 Å². The number of nitrogens with zero attached hydrogens (tertiary/aromatic N) is 1. The maximum absolute atomic E-state index is 12.3. The third-order valence-electron chi connectivity index (χ3n) is 3.23. The molecule has 1 aromatic heterocycles. The van der Waals surface area contributed by atoms with Gasteiger partial charge in [0.05, 0.1) is 26.1 Å². The highest BCUT2D eigenvalue weighted by atomic mass is 127. The number of benzene rings is 2. The minimum atomic E-state index is -0.156. The van der Waals surface area contributed by atoms with Crippen molar-refractivity contribution in [2.45, 2.75) is 20.0 Å². The maximum atomic E-state index is 12.3. The van der Waals surface area contributed by atoms with E-state index in [9.17, 15) is 4.79 Å². The molecule has 0 aliphatic heterocycles. The third-order valence-corrected chi connectivity index (χ3v) is 4.49. The van der Waals surface area contributed by atoms with Crippen molar-refractivity contribution < 1.29 is 4.74 Å².